The number of carbonyl (C=O) groups excluding carboxylic acids is 10. The van der Waals surface area contributed by atoms with E-state index in [0.29, 0.717) is 0 Å². The summed E-state index contributed by atoms with van der Waals surface area (Å²) in [7, 11) is 0. The first kappa shape index (κ1) is 61.1. The molecule has 0 radical (unpaired) electrons. The molecular weight excluding hydrogens is 926 g/mol. The Kier molecular flexibility index (Phi) is 30.6. The second-order valence-electron chi connectivity index (χ2n) is 13.6. The molecule has 0 aliphatic carbocycles. The first-order chi connectivity index (χ1) is 31.3. The van der Waals surface area contributed by atoms with Gasteiger partial charge in [-0.15, -0.1) is 0 Å². The number of rotatable bonds is 34. The number of amides is 10. The molecule has 67 heavy (non-hydrogen) atoms. The van der Waals surface area contributed by atoms with E-state index in [1.807, 2.05) is 0 Å². The molecular formula is C36H58F6N10O15. The standard InChI is InChI=1S/C36H58F6N10O15/c1-21(49-25(53)17-45-31(59)23(3)51-27(55)19-47-33(61)35(37,38)39)29(57)43-5-7-63-9-11-65-13-15-67-16-14-66-12-10-64-8-6-44-30(58)22(2)50-26(54)18-46-32(60)24(4)52-28(56)20-48-34(62)36(40,41)42/h21-24H,5-20H2,1-4H3,(H,43,57)(H,44,58)(H,45,59)(H,46,60)(H,47,61)(H,48,62)(H,49,53)(H,50,54)(H,51,55)(H,52,56)/t21-,22-,23-,24-/m0/s1. The maximum absolute atomic E-state index is 12.2. The van der Waals surface area contributed by atoms with E-state index in [0.717, 1.165) is 0 Å². The SMILES string of the molecule is C[C@H](NC(=O)CNC(=O)[C@H](C)NC(=O)CNC(=O)C(F)(F)F)C(=O)NCCOCCOCCOCCOCCOCCNC(=O)[C@H](C)NC(=O)CNC(=O)[C@H](C)NC(=O)CNC(=O)C(F)(F)F. The third-order valence-corrected chi connectivity index (χ3v) is 7.84. The first-order valence-corrected chi connectivity index (χ1v) is 20.2. The first-order valence-electron chi connectivity index (χ1n) is 20.2. The summed E-state index contributed by atoms with van der Waals surface area (Å²) in [5, 5.41) is 21.0. The fourth-order valence-electron chi connectivity index (χ4n) is 4.38. The topological polar surface area (TPSA) is 337 Å². The molecule has 25 nitrogen and oxygen atoms in total. The van der Waals surface area contributed by atoms with Gasteiger partial charge in [-0.3, -0.25) is 47.9 Å². The Morgan fingerprint density at radius 1 is 0.343 bits per heavy atom. The van der Waals surface area contributed by atoms with Crippen molar-refractivity contribution in [2.75, 3.05) is 105 Å². The molecule has 0 aromatic rings. The highest BCUT2D eigenvalue weighted by Gasteiger charge is 2.39. The van der Waals surface area contributed by atoms with Gasteiger partial charge < -0.3 is 76.9 Å². The molecule has 0 saturated carbocycles. The number of halogens is 6. The lowest BCUT2D eigenvalue weighted by Crippen LogP contribution is -2.52. The van der Waals surface area contributed by atoms with Gasteiger partial charge in [0, 0.05) is 13.1 Å². The van der Waals surface area contributed by atoms with Gasteiger partial charge in [-0.2, -0.15) is 26.3 Å². The van der Waals surface area contributed by atoms with Crippen molar-refractivity contribution in [3.8, 4) is 0 Å². The number of nitrogens with one attached hydrogen (secondary N) is 10. The summed E-state index contributed by atoms with van der Waals surface area (Å²) in [6.07, 6.45) is -10.4. The van der Waals surface area contributed by atoms with Gasteiger partial charge >= 0.3 is 24.2 Å². The molecule has 0 saturated heterocycles. The molecule has 0 bridgehead atoms. The van der Waals surface area contributed by atoms with Crippen LogP contribution in [-0.4, -0.2) is 201 Å². The third-order valence-electron chi connectivity index (χ3n) is 7.84. The number of carbonyl (C=O) groups is 10. The van der Waals surface area contributed by atoms with Gasteiger partial charge in [-0.1, -0.05) is 0 Å². The van der Waals surface area contributed by atoms with Gasteiger partial charge in [-0.05, 0) is 27.7 Å². The monoisotopic (exact) mass is 984 g/mol. The highest BCUT2D eigenvalue weighted by molar-refractivity contribution is 5.94. The zero-order chi connectivity index (χ0) is 51.0. The summed E-state index contributed by atoms with van der Waals surface area (Å²) < 4.78 is 100.0. The average Bonchev–Trinajstić information content (AvgIpc) is 3.25. The summed E-state index contributed by atoms with van der Waals surface area (Å²) in [5.74, 6) is -11.1. The molecule has 0 aliphatic rings. The number of hydrogen-bond acceptors (Lipinski definition) is 15. The molecule has 4 atom stereocenters. The van der Waals surface area contributed by atoms with Crippen molar-refractivity contribution in [1.29, 1.82) is 0 Å². The van der Waals surface area contributed by atoms with Crippen LogP contribution in [0.25, 0.3) is 0 Å². The molecule has 0 fully saturated rings. The molecule has 10 amide bonds. The summed E-state index contributed by atoms with van der Waals surface area (Å²) in [6.45, 7) is 4.47. The Morgan fingerprint density at radius 2 is 0.552 bits per heavy atom. The van der Waals surface area contributed by atoms with Crippen LogP contribution in [0.5, 0.6) is 0 Å². The molecule has 0 unspecified atom stereocenters. The van der Waals surface area contributed by atoms with Crippen molar-refractivity contribution < 1.29 is 98.0 Å². The van der Waals surface area contributed by atoms with Crippen LogP contribution in [-0.2, 0) is 71.6 Å². The Hall–Kier alpha value is -5.92. The third kappa shape index (κ3) is 31.6. The summed E-state index contributed by atoms with van der Waals surface area (Å²) in [5.41, 5.74) is 0. The van der Waals surface area contributed by atoms with E-state index in [-0.39, 0.29) is 79.2 Å². The van der Waals surface area contributed by atoms with Crippen LogP contribution in [0.2, 0.25) is 0 Å². The van der Waals surface area contributed by atoms with Crippen molar-refractivity contribution in [1.82, 2.24) is 53.2 Å². The van der Waals surface area contributed by atoms with Crippen molar-refractivity contribution in [2.45, 2.75) is 64.2 Å². The summed E-state index contributed by atoms with van der Waals surface area (Å²) in [6, 6.07) is -4.50. The van der Waals surface area contributed by atoms with E-state index >= 15 is 0 Å². The van der Waals surface area contributed by atoms with Gasteiger partial charge in [0.2, 0.25) is 47.3 Å². The van der Waals surface area contributed by atoms with Crippen molar-refractivity contribution in [2.24, 2.45) is 0 Å². The highest BCUT2D eigenvalue weighted by atomic mass is 19.4. The molecule has 31 heteroatoms. The average molecular weight is 985 g/mol. The fourth-order valence-corrected chi connectivity index (χ4v) is 4.38. The van der Waals surface area contributed by atoms with Crippen LogP contribution in [0.1, 0.15) is 27.7 Å². The Balaban J connectivity index is 3.80. The predicted octanol–water partition coefficient (Wildman–Crippen LogP) is -5.09. The molecule has 0 heterocycles. The highest BCUT2D eigenvalue weighted by Crippen LogP contribution is 2.14. The number of alkyl halides is 6. The lowest BCUT2D eigenvalue weighted by Gasteiger charge is -2.16. The Labute approximate surface area is 379 Å². The molecule has 0 rings (SSSR count). The van der Waals surface area contributed by atoms with E-state index in [2.05, 4.69) is 42.5 Å². The molecule has 0 spiro atoms. The lowest BCUT2D eigenvalue weighted by atomic mass is 10.3. The largest absolute Gasteiger partial charge is 0.471 e. The molecule has 0 aliphatic heterocycles. The minimum atomic E-state index is -5.18. The number of ether oxygens (including phenoxy) is 5. The Morgan fingerprint density at radius 3 is 0.791 bits per heavy atom. The molecule has 0 aromatic carbocycles. The van der Waals surface area contributed by atoms with Crippen molar-refractivity contribution in [3.63, 3.8) is 0 Å². The van der Waals surface area contributed by atoms with E-state index < -0.39 is 122 Å². The minimum absolute atomic E-state index is 0.111. The quantitative estimate of drug-likeness (QED) is 0.0213. The van der Waals surface area contributed by atoms with Crippen LogP contribution in [0.4, 0.5) is 26.3 Å². The number of hydrogen-bond donors (Lipinski definition) is 10. The normalized spacial score (nSPS) is 13.0. The van der Waals surface area contributed by atoms with Crippen LogP contribution in [0, 0.1) is 0 Å². The maximum atomic E-state index is 12.2. The van der Waals surface area contributed by atoms with Gasteiger partial charge in [0.1, 0.15) is 24.2 Å². The summed E-state index contributed by atoms with van der Waals surface area (Å²) >= 11 is 0. The van der Waals surface area contributed by atoms with E-state index in [9.17, 15) is 74.3 Å². The maximum Gasteiger partial charge on any atom is 0.471 e. The van der Waals surface area contributed by atoms with E-state index in [4.69, 9.17) is 23.7 Å². The molecule has 0 aromatic heterocycles. The van der Waals surface area contributed by atoms with Gasteiger partial charge in [-0.25, -0.2) is 0 Å². The van der Waals surface area contributed by atoms with Crippen LogP contribution in [0.15, 0.2) is 0 Å². The van der Waals surface area contributed by atoms with E-state index in [1.165, 1.54) is 38.3 Å². The smallest absolute Gasteiger partial charge is 0.377 e. The Bertz CT molecular complexity index is 1510. The van der Waals surface area contributed by atoms with Gasteiger partial charge in [0.15, 0.2) is 0 Å². The minimum Gasteiger partial charge on any atom is -0.377 e. The van der Waals surface area contributed by atoms with Gasteiger partial charge in [0.25, 0.3) is 0 Å². The van der Waals surface area contributed by atoms with Crippen LogP contribution < -0.4 is 53.2 Å². The summed E-state index contributed by atoms with van der Waals surface area (Å²) in [4.78, 5) is 118. The van der Waals surface area contributed by atoms with Crippen LogP contribution >= 0.6 is 0 Å². The zero-order valence-electron chi connectivity index (χ0n) is 37.0. The van der Waals surface area contributed by atoms with Crippen molar-refractivity contribution in [3.05, 3.63) is 0 Å². The van der Waals surface area contributed by atoms with Gasteiger partial charge in [0.05, 0.1) is 92.2 Å². The second-order valence-corrected chi connectivity index (χ2v) is 13.6. The fraction of sp³-hybridized carbons (Fsp3) is 0.722. The van der Waals surface area contributed by atoms with E-state index in [1.54, 1.807) is 0 Å². The zero-order valence-corrected chi connectivity index (χ0v) is 37.0. The molecule has 10 N–H and O–H groups in total. The van der Waals surface area contributed by atoms with Crippen molar-refractivity contribution >= 4 is 59.1 Å². The predicted molar refractivity (Wildman–Crippen MR) is 215 cm³/mol. The van der Waals surface area contributed by atoms with Crippen LogP contribution in [0.3, 0.4) is 0 Å². The lowest BCUT2D eigenvalue weighted by molar-refractivity contribution is -0.173. The molecule has 384 valence electrons. The second kappa shape index (κ2) is 33.5.